The highest BCUT2D eigenvalue weighted by atomic mass is 35.5. The van der Waals surface area contributed by atoms with Gasteiger partial charge < -0.3 is 5.11 Å². The first-order chi connectivity index (χ1) is 3.68. The summed E-state index contributed by atoms with van der Waals surface area (Å²) >= 11 is 5.34. The van der Waals surface area contributed by atoms with E-state index in [1.165, 1.54) is 0 Å². The van der Waals surface area contributed by atoms with E-state index in [4.69, 9.17) is 16.7 Å². The smallest absolute Gasteiger partial charge is 0.0756 e. The van der Waals surface area contributed by atoms with Gasteiger partial charge in [0, 0.05) is 5.88 Å². The fourth-order valence-corrected chi connectivity index (χ4v) is 0.556. The van der Waals surface area contributed by atoms with Crippen LogP contribution in [0.1, 0.15) is 13.3 Å². The van der Waals surface area contributed by atoms with Crippen LogP contribution >= 0.6 is 11.6 Å². The Hall–Kier alpha value is -0.0100. The molecule has 0 rings (SSSR count). The molecule has 1 nitrogen and oxygen atoms in total. The topological polar surface area (TPSA) is 20.2 Å². The van der Waals surface area contributed by atoms with Gasteiger partial charge in [-0.05, 0) is 13.3 Å². The fourth-order valence-electron chi connectivity index (χ4n) is 0.350. The second-order valence-electron chi connectivity index (χ2n) is 1.84. The van der Waals surface area contributed by atoms with Crippen molar-refractivity contribution in [2.75, 3.05) is 5.88 Å². The van der Waals surface area contributed by atoms with Gasteiger partial charge in [0.15, 0.2) is 0 Å². The van der Waals surface area contributed by atoms with Crippen molar-refractivity contribution in [3.05, 3.63) is 12.2 Å². The Morgan fingerprint density at radius 1 is 1.88 bits per heavy atom. The lowest BCUT2D eigenvalue weighted by Gasteiger charge is -2.05. The summed E-state index contributed by atoms with van der Waals surface area (Å²) < 4.78 is 0. The first-order valence-electron chi connectivity index (χ1n) is 2.58. The van der Waals surface area contributed by atoms with Gasteiger partial charge in [-0.25, -0.2) is 0 Å². The predicted molar refractivity (Wildman–Crippen MR) is 36.2 cm³/mol. The summed E-state index contributed by atoms with van der Waals surface area (Å²) in [7, 11) is 0. The minimum absolute atomic E-state index is 0.410. The molecule has 0 heterocycles. The number of rotatable bonds is 3. The lowest BCUT2D eigenvalue weighted by atomic mass is 10.1. The van der Waals surface area contributed by atoms with Crippen molar-refractivity contribution < 1.29 is 5.11 Å². The number of halogens is 1. The monoisotopic (exact) mass is 134 g/mol. The van der Waals surface area contributed by atoms with Gasteiger partial charge in [-0.15, -0.1) is 11.6 Å². The summed E-state index contributed by atoms with van der Waals surface area (Å²) in [6, 6.07) is 0. The lowest BCUT2D eigenvalue weighted by Crippen LogP contribution is -2.06. The maximum Gasteiger partial charge on any atom is 0.0756 e. The Morgan fingerprint density at radius 2 is 2.38 bits per heavy atom. The second kappa shape index (κ2) is 3.93. The standard InChI is InChI=1S/C6H11ClO/c1-5(2)6(8)3-4-7/h6,8H,1,3-4H2,2H3. The third-order valence-corrected chi connectivity index (χ3v) is 1.17. The zero-order valence-corrected chi connectivity index (χ0v) is 5.78. The zero-order chi connectivity index (χ0) is 6.57. The molecule has 48 valence electrons. The van der Waals surface area contributed by atoms with Gasteiger partial charge >= 0.3 is 0 Å². The summed E-state index contributed by atoms with van der Waals surface area (Å²) in [6.45, 7) is 5.35. The van der Waals surface area contributed by atoms with Crippen LogP contribution < -0.4 is 0 Å². The molecule has 0 aromatic carbocycles. The molecule has 0 bridgehead atoms. The van der Waals surface area contributed by atoms with Crippen LogP contribution in [0.15, 0.2) is 12.2 Å². The molecule has 0 aliphatic rings. The van der Waals surface area contributed by atoms with Gasteiger partial charge in [0.2, 0.25) is 0 Å². The van der Waals surface area contributed by atoms with Crippen molar-refractivity contribution in [3.63, 3.8) is 0 Å². The van der Waals surface area contributed by atoms with E-state index in [1.807, 2.05) is 0 Å². The molecule has 0 saturated carbocycles. The summed E-state index contributed by atoms with van der Waals surface area (Å²) in [6.07, 6.45) is 0.198. The summed E-state index contributed by atoms with van der Waals surface area (Å²) in [5.41, 5.74) is 0.783. The van der Waals surface area contributed by atoms with Gasteiger partial charge in [-0.2, -0.15) is 0 Å². The largest absolute Gasteiger partial charge is 0.389 e. The van der Waals surface area contributed by atoms with E-state index in [-0.39, 0.29) is 0 Å². The highest BCUT2D eigenvalue weighted by Gasteiger charge is 2.00. The molecule has 1 unspecified atom stereocenters. The maximum atomic E-state index is 8.94. The summed E-state index contributed by atoms with van der Waals surface area (Å²) in [5, 5.41) is 8.94. The molecule has 8 heavy (non-hydrogen) atoms. The van der Waals surface area contributed by atoms with Crippen LogP contribution in [0.3, 0.4) is 0 Å². The molecular weight excluding hydrogens is 124 g/mol. The van der Waals surface area contributed by atoms with Crippen molar-refractivity contribution in [2.24, 2.45) is 0 Å². The number of hydrogen-bond acceptors (Lipinski definition) is 1. The first kappa shape index (κ1) is 7.99. The van der Waals surface area contributed by atoms with Gasteiger partial charge in [0.25, 0.3) is 0 Å². The quantitative estimate of drug-likeness (QED) is 0.459. The first-order valence-corrected chi connectivity index (χ1v) is 3.11. The number of aliphatic hydroxyl groups is 1. The van der Waals surface area contributed by atoms with Crippen LogP contribution in [0.25, 0.3) is 0 Å². The highest BCUT2D eigenvalue weighted by molar-refractivity contribution is 6.17. The van der Waals surface area contributed by atoms with E-state index in [1.54, 1.807) is 6.92 Å². The van der Waals surface area contributed by atoms with Gasteiger partial charge in [-0.3, -0.25) is 0 Å². The minimum Gasteiger partial charge on any atom is -0.389 e. The predicted octanol–water partition coefficient (Wildman–Crippen LogP) is 1.55. The SMILES string of the molecule is C=C(C)C(O)CCCl. The second-order valence-corrected chi connectivity index (χ2v) is 2.22. The lowest BCUT2D eigenvalue weighted by molar-refractivity contribution is 0.208. The Labute approximate surface area is 55.0 Å². The van der Waals surface area contributed by atoms with Crippen LogP contribution in [-0.2, 0) is 0 Å². The minimum atomic E-state index is -0.410. The molecule has 1 atom stereocenters. The Bertz CT molecular complexity index is 80.6. The van der Waals surface area contributed by atoms with Crippen molar-refractivity contribution >= 4 is 11.6 Å². The number of aliphatic hydroxyl groups excluding tert-OH is 1. The van der Waals surface area contributed by atoms with E-state index in [0.717, 1.165) is 5.57 Å². The van der Waals surface area contributed by atoms with Crippen molar-refractivity contribution in [1.29, 1.82) is 0 Å². The average molecular weight is 135 g/mol. The molecule has 1 N–H and O–H groups in total. The van der Waals surface area contributed by atoms with Crippen LogP contribution in [0.5, 0.6) is 0 Å². The maximum absolute atomic E-state index is 8.94. The molecule has 0 aromatic rings. The van der Waals surface area contributed by atoms with E-state index in [0.29, 0.717) is 12.3 Å². The van der Waals surface area contributed by atoms with Crippen LogP contribution in [0.2, 0.25) is 0 Å². The average Bonchev–Trinajstić information content (AvgIpc) is 1.67. The van der Waals surface area contributed by atoms with Crippen LogP contribution in [0, 0.1) is 0 Å². The van der Waals surface area contributed by atoms with E-state index < -0.39 is 6.10 Å². The van der Waals surface area contributed by atoms with Crippen LogP contribution in [-0.4, -0.2) is 17.1 Å². The molecule has 0 saturated heterocycles. The van der Waals surface area contributed by atoms with E-state index in [9.17, 15) is 0 Å². The van der Waals surface area contributed by atoms with E-state index >= 15 is 0 Å². The third-order valence-electron chi connectivity index (χ3n) is 0.951. The molecule has 0 aromatic heterocycles. The zero-order valence-electron chi connectivity index (χ0n) is 5.02. The highest BCUT2D eigenvalue weighted by Crippen LogP contribution is 2.02. The van der Waals surface area contributed by atoms with Crippen LogP contribution in [0.4, 0.5) is 0 Å². The molecular formula is C6H11ClO. The molecule has 0 aliphatic heterocycles. The molecule has 0 fully saturated rings. The number of hydrogen-bond donors (Lipinski definition) is 1. The fraction of sp³-hybridized carbons (Fsp3) is 0.667. The molecule has 2 heteroatoms. The Morgan fingerprint density at radius 3 is 2.50 bits per heavy atom. The molecule has 0 amide bonds. The summed E-state index contributed by atoms with van der Waals surface area (Å²) in [4.78, 5) is 0. The molecule has 0 aliphatic carbocycles. The normalized spacial score (nSPS) is 13.4. The summed E-state index contributed by atoms with van der Waals surface area (Å²) in [5.74, 6) is 0.494. The van der Waals surface area contributed by atoms with Gasteiger partial charge in [-0.1, -0.05) is 12.2 Å². The Kier molecular flexibility index (Phi) is 3.92. The van der Waals surface area contributed by atoms with Crippen molar-refractivity contribution in [1.82, 2.24) is 0 Å². The van der Waals surface area contributed by atoms with Gasteiger partial charge in [0.1, 0.15) is 0 Å². The van der Waals surface area contributed by atoms with E-state index in [2.05, 4.69) is 6.58 Å². The van der Waals surface area contributed by atoms with Crippen molar-refractivity contribution in [3.8, 4) is 0 Å². The molecule has 0 spiro atoms. The van der Waals surface area contributed by atoms with Crippen molar-refractivity contribution in [2.45, 2.75) is 19.4 Å². The van der Waals surface area contributed by atoms with Gasteiger partial charge in [0.05, 0.1) is 6.10 Å². The third kappa shape index (κ3) is 3.05. The molecule has 0 radical (unpaired) electrons. The Balaban J connectivity index is 3.32. The number of alkyl halides is 1.